The molecule has 6 nitrogen and oxygen atoms in total. The maximum Gasteiger partial charge on any atom is 0.324 e. The van der Waals surface area contributed by atoms with Gasteiger partial charge in [-0.15, -0.1) is 0 Å². The van der Waals surface area contributed by atoms with Gasteiger partial charge >= 0.3 is 6.03 Å². The number of imide groups is 1. The summed E-state index contributed by atoms with van der Waals surface area (Å²) in [4.78, 5) is 36.6. The van der Waals surface area contributed by atoms with Crippen molar-refractivity contribution >= 4 is 17.8 Å². The second kappa shape index (κ2) is 7.76. The molecule has 2 rings (SSSR count). The quantitative estimate of drug-likeness (QED) is 0.748. The Kier molecular flexibility index (Phi) is 5.73. The first kappa shape index (κ1) is 17.0. The standard InChI is InChI=1S/C17H23N3O3/c1-3-12(2)15(13-7-5-4-6-8-13)16(22)18-9-10-20-14(21)11-19-17(20)23/h4-8,12,15H,3,9-11H2,1-2H3,(H,18,22)(H,19,23)/t12-,15-/m1/s1. The molecule has 1 aromatic rings. The summed E-state index contributed by atoms with van der Waals surface area (Å²) >= 11 is 0. The average Bonchev–Trinajstić information content (AvgIpc) is 2.87. The van der Waals surface area contributed by atoms with Crippen LogP contribution in [0.15, 0.2) is 30.3 Å². The Morgan fingerprint density at radius 2 is 2.00 bits per heavy atom. The first-order valence-electron chi connectivity index (χ1n) is 7.95. The Bertz CT molecular complexity index is 558. The molecule has 0 spiro atoms. The topological polar surface area (TPSA) is 78.5 Å². The highest BCUT2D eigenvalue weighted by Gasteiger charge is 2.29. The van der Waals surface area contributed by atoms with E-state index in [0.29, 0.717) is 0 Å². The third-order valence-corrected chi connectivity index (χ3v) is 4.23. The van der Waals surface area contributed by atoms with Crippen molar-refractivity contribution in [3.8, 4) is 0 Å². The fourth-order valence-corrected chi connectivity index (χ4v) is 2.72. The van der Waals surface area contributed by atoms with Crippen molar-refractivity contribution in [3.63, 3.8) is 0 Å². The van der Waals surface area contributed by atoms with Crippen LogP contribution in [0.25, 0.3) is 0 Å². The summed E-state index contributed by atoms with van der Waals surface area (Å²) in [5.74, 6) is -0.359. The SMILES string of the molecule is CC[C@@H](C)[C@@H](C(=O)NCCN1C(=O)CNC1=O)c1ccccc1. The lowest BCUT2D eigenvalue weighted by Crippen LogP contribution is -2.40. The van der Waals surface area contributed by atoms with Crippen LogP contribution in [0.3, 0.4) is 0 Å². The van der Waals surface area contributed by atoms with Gasteiger partial charge in [0, 0.05) is 13.1 Å². The highest BCUT2D eigenvalue weighted by molar-refractivity contribution is 6.01. The molecule has 0 unspecified atom stereocenters. The van der Waals surface area contributed by atoms with E-state index in [1.165, 1.54) is 0 Å². The molecule has 0 aromatic heterocycles. The predicted octanol–water partition coefficient (Wildman–Crippen LogP) is 1.48. The zero-order valence-corrected chi connectivity index (χ0v) is 13.5. The summed E-state index contributed by atoms with van der Waals surface area (Å²) in [6.45, 7) is 4.60. The summed E-state index contributed by atoms with van der Waals surface area (Å²) in [5, 5.41) is 5.31. The molecule has 23 heavy (non-hydrogen) atoms. The van der Waals surface area contributed by atoms with Gasteiger partial charge in [-0.2, -0.15) is 0 Å². The molecule has 0 saturated carbocycles. The van der Waals surface area contributed by atoms with Crippen LogP contribution < -0.4 is 10.6 Å². The second-order valence-corrected chi connectivity index (χ2v) is 5.77. The van der Waals surface area contributed by atoms with Crippen LogP contribution >= 0.6 is 0 Å². The molecule has 4 amide bonds. The number of carbonyl (C=O) groups excluding carboxylic acids is 3. The third kappa shape index (κ3) is 4.09. The van der Waals surface area contributed by atoms with Crippen molar-refractivity contribution < 1.29 is 14.4 Å². The molecule has 0 bridgehead atoms. The number of hydrogen-bond acceptors (Lipinski definition) is 3. The van der Waals surface area contributed by atoms with Crippen LogP contribution in [0, 0.1) is 5.92 Å². The van der Waals surface area contributed by atoms with Gasteiger partial charge in [0.25, 0.3) is 0 Å². The van der Waals surface area contributed by atoms with E-state index >= 15 is 0 Å². The van der Waals surface area contributed by atoms with Crippen LogP contribution in [-0.4, -0.2) is 42.4 Å². The van der Waals surface area contributed by atoms with Crippen molar-refractivity contribution in [1.82, 2.24) is 15.5 Å². The number of hydrogen-bond donors (Lipinski definition) is 2. The van der Waals surface area contributed by atoms with Crippen LogP contribution in [0.1, 0.15) is 31.7 Å². The molecule has 6 heteroatoms. The molecule has 124 valence electrons. The molecule has 1 aliphatic heterocycles. The second-order valence-electron chi connectivity index (χ2n) is 5.77. The van der Waals surface area contributed by atoms with Crippen LogP contribution in [0.5, 0.6) is 0 Å². The first-order valence-corrected chi connectivity index (χ1v) is 7.95. The van der Waals surface area contributed by atoms with E-state index in [4.69, 9.17) is 0 Å². The van der Waals surface area contributed by atoms with Crippen molar-refractivity contribution in [1.29, 1.82) is 0 Å². The molecule has 0 radical (unpaired) electrons. The lowest BCUT2D eigenvalue weighted by atomic mass is 9.85. The van der Waals surface area contributed by atoms with Crippen molar-refractivity contribution in [2.45, 2.75) is 26.2 Å². The van der Waals surface area contributed by atoms with E-state index < -0.39 is 6.03 Å². The van der Waals surface area contributed by atoms with Crippen molar-refractivity contribution in [2.75, 3.05) is 19.6 Å². The normalized spacial score (nSPS) is 16.9. The lowest BCUT2D eigenvalue weighted by Gasteiger charge is -2.23. The third-order valence-electron chi connectivity index (χ3n) is 4.23. The molecular formula is C17H23N3O3. The minimum absolute atomic E-state index is 0.0340. The Morgan fingerprint density at radius 3 is 2.57 bits per heavy atom. The van der Waals surface area contributed by atoms with Crippen molar-refractivity contribution in [3.05, 3.63) is 35.9 Å². The fourth-order valence-electron chi connectivity index (χ4n) is 2.72. The summed E-state index contributed by atoms with van der Waals surface area (Å²) in [7, 11) is 0. The van der Waals surface area contributed by atoms with Crippen LogP contribution in [-0.2, 0) is 9.59 Å². The van der Waals surface area contributed by atoms with E-state index in [9.17, 15) is 14.4 Å². The van der Waals surface area contributed by atoms with Gasteiger partial charge in [0.1, 0.15) is 0 Å². The van der Waals surface area contributed by atoms with E-state index in [2.05, 4.69) is 24.5 Å². The number of amides is 4. The predicted molar refractivity (Wildman–Crippen MR) is 86.8 cm³/mol. The molecule has 1 heterocycles. The Hall–Kier alpha value is -2.37. The van der Waals surface area contributed by atoms with Gasteiger partial charge in [-0.1, -0.05) is 50.6 Å². The summed E-state index contributed by atoms with van der Waals surface area (Å²) in [6, 6.07) is 9.27. The lowest BCUT2D eigenvalue weighted by molar-refractivity contribution is -0.126. The largest absolute Gasteiger partial charge is 0.354 e. The van der Waals surface area contributed by atoms with E-state index in [1.807, 2.05) is 30.3 Å². The minimum Gasteiger partial charge on any atom is -0.354 e. The number of rotatable bonds is 7. The highest BCUT2D eigenvalue weighted by Crippen LogP contribution is 2.27. The molecule has 2 atom stereocenters. The number of carbonyl (C=O) groups is 3. The number of nitrogens with one attached hydrogen (secondary N) is 2. The van der Waals surface area contributed by atoms with Gasteiger partial charge in [-0.3, -0.25) is 14.5 Å². The molecule has 2 N–H and O–H groups in total. The molecule has 0 aliphatic carbocycles. The van der Waals surface area contributed by atoms with Crippen molar-refractivity contribution in [2.24, 2.45) is 5.92 Å². The minimum atomic E-state index is -0.397. The number of nitrogens with zero attached hydrogens (tertiary/aromatic N) is 1. The smallest absolute Gasteiger partial charge is 0.324 e. The maximum absolute atomic E-state index is 12.6. The number of urea groups is 1. The monoisotopic (exact) mass is 317 g/mol. The van der Waals surface area contributed by atoms with Crippen LogP contribution in [0.2, 0.25) is 0 Å². The molecule has 1 aliphatic rings. The maximum atomic E-state index is 12.6. The highest BCUT2D eigenvalue weighted by atomic mass is 16.2. The van der Waals surface area contributed by atoms with Gasteiger partial charge in [-0.25, -0.2) is 4.79 Å². The van der Waals surface area contributed by atoms with E-state index in [1.54, 1.807) is 0 Å². The molecule has 1 fully saturated rings. The zero-order chi connectivity index (χ0) is 16.8. The molecule has 1 aromatic carbocycles. The van der Waals surface area contributed by atoms with Gasteiger partial charge in [0.05, 0.1) is 12.5 Å². The van der Waals surface area contributed by atoms with Crippen LogP contribution in [0.4, 0.5) is 4.79 Å². The summed E-state index contributed by atoms with van der Waals surface area (Å²) in [5.41, 5.74) is 0.981. The van der Waals surface area contributed by atoms with Gasteiger partial charge < -0.3 is 10.6 Å². The van der Waals surface area contributed by atoms with E-state index in [-0.39, 0.29) is 43.3 Å². The Morgan fingerprint density at radius 1 is 1.30 bits per heavy atom. The molecule has 1 saturated heterocycles. The van der Waals surface area contributed by atoms with Gasteiger partial charge in [0.2, 0.25) is 11.8 Å². The van der Waals surface area contributed by atoms with Gasteiger partial charge in [-0.05, 0) is 11.5 Å². The average molecular weight is 317 g/mol. The van der Waals surface area contributed by atoms with Gasteiger partial charge in [0.15, 0.2) is 0 Å². The fraction of sp³-hybridized carbons (Fsp3) is 0.471. The summed E-state index contributed by atoms with van der Waals surface area (Å²) < 4.78 is 0. The Balaban J connectivity index is 1.96. The first-order chi connectivity index (χ1) is 11.0. The summed E-state index contributed by atoms with van der Waals surface area (Å²) in [6.07, 6.45) is 0.889. The molecular weight excluding hydrogens is 294 g/mol. The number of benzene rings is 1. The zero-order valence-electron chi connectivity index (χ0n) is 13.5. The Labute approximate surface area is 136 Å². The van der Waals surface area contributed by atoms with E-state index in [0.717, 1.165) is 16.9 Å².